The van der Waals surface area contributed by atoms with E-state index in [0.717, 1.165) is 32.3 Å². The van der Waals surface area contributed by atoms with Crippen molar-refractivity contribution in [3.8, 4) is 0 Å². The highest BCUT2D eigenvalue weighted by Crippen LogP contribution is 2.31. The lowest BCUT2D eigenvalue weighted by molar-refractivity contribution is -0.123. The molecule has 96 valence electrons. The summed E-state index contributed by atoms with van der Waals surface area (Å²) in [7, 11) is 0. The summed E-state index contributed by atoms with van der Waals surface area (Å²) < 4.78 is 0. The number of aliphatic hydroxyl groups excluding tert-OH is 1. The average molecular weight is 246 g/mol. The van der Waals surface area contributed by atoms with E-state index in [1.807, 2.05) is 12.1 Å². The van der Waals surface area contributed by atoms with Gasteiger partial charge in [0.2, 0.25) is 6.41 Å². The van der Waals surface area contributed by atoms with Crippen LogP contribution in [0.25, 0.3) is 0 Å². The van der Waals surface area contributed by atoms with E-state index >= 15 is 0 Å². The number of carbonyl (C=O) groups is 1. The zero-order chi connectivity index (χ0) is 12.6. The molecule has 1 spiro atoms. The Bertz CT molecular complexity index is 463. The fourth-order valence-corrected chi connectivity index (χ4v) is 3.08. The number of likely N-dealkylation sites (tertiary alicyclic amines) is 1. The number of carbonyl (C=O) groups excluding carboxylic acids is 1. The van der Waals surface area contributed by atoms with Gasteiger partial charge in [-0.2, -0.15) is 0 Å². The summed E-state index contributed by atoms with van der Waals surface area (Å²) in [6.07, 6.45) is 1.98. The molecule has 2 aliphatic heterocycles. The SMILES string of the molecule is O=CN1CC[C@]2(Cc3ccccc3CN2)[C@H](O)C1. The van der Waals surface area contributed by atoms with Crippen LogP contribution in [0.15, 0.2) is 24.3 Å². The highest BCUT2D eigenvalue weighted by atomic mass is 16.3. The van der Waals surface area contributed by atoms with E-state index in [-0.39, 0.29) is 5.54 Å². The fraction of sp³-hybridized carbons (Fsp3) is 0.500. The maximum Gasteiger partial charge on any atom is 0.209 e. The van der Waals surface area contributed by atoms with Crippen molar-refractivity contribution < 1.29 is 9.90 Å². The number of rotatable bonds is 1. The Labute approximate surface area is 107 Å². The Morgan fingerprint density at radius 3 is 2.89 bits per heavy atom. The smallest absolute Gasteiger partial charge is 0.209 e. The average Bonchev–Trinajstić information content (AvgIpc) is 2.42. The van der Waals surface area contributed by atoms with Gasteiger partial charge < -0.3 is 15.3 Å². The van der Waals surface area contributed by atoms with E-state index < -0.39 is 6.10 Å². The molecule has 0 aromatic heterocycles. The molecule has 0 saturated carbocycles. The van der Waals surface area contributed by atoms with Crippen molar-refractivity contribution in [3.63, 3.8) is 0 Å². The number of piperidine rings is 1. The zero-order valence-corrected chi connectivity index (χ0v) is 10.3. The number of nitrogens with one attached hydrogen (secondary N) is 1. The molecule has 2 aliphatic rings. The van der Waals surface area contributed by atoms with Gasteiger partial charge in [-0.1, -0.05) is 24.3 Å². The van der Waals surface area contributed by atoms with Gasteiger partial charge in [0.25, 0.3) is 0 Å². The largest absolute Gasteiger partial charge is 0.389 e. The van der Waals surface area contributed by atoms with Crippen LogP contribution in [-0.4, -0.2) is 41.1 Å². The Morgan fingerprint density at radius 2 is 2.17 bits per heavy atom. The molecule has 2 atom stereocenters. The predicted molar refractivity (Wildman–Crippen MR) is 68.0 cm³/mol. The van der Waals surface area contributed by atoms with E-state index in [9.17, 15) is 9.90 Å². The highest BCUT2D eigenvalue weighted by molar-refractivity contribution is 5.48. The third kappa shape index (κ3) is 1.82. The minimum Gasteiger partial charge on any atom is -0.389 e. The maximum absolute atomic E-state index is 10.8. The van der Waals surface area contributed by atoms with Gasteiger partial charge in [-0.3, -0.25) is 4.79 Å². The summed E-state index contributed by atoms with van der Waals surface area (Å²) in [6.45, 7) is 1.95. The molecular weight excluding hydrogens is 228 g/mol. The lowest BCUT2D eigenvalue weighted by Gasteiger charge is -2.47. The second-order valence-electron chi connectivity index (χ2n) is 5.32. The number of aliphatic hydroxyl groups is 1. The van der Waals surface area contributed by atoms with Crippen molar-refractivity contribution in [2.45, 2.75) is 31.0 Å². The standard InChI is InChI=1S/C14H18N2O2/c17-10-16-6-5-14(13(18)9-16)7-11-3-1-2-4-12(11)8-15-14/h1-4,10,13,15,18H,5-9H2/t13-,14+/m1/s1. The van der Waals surface area contributed by atoms with Gasteiger partial charge in [0, 0.05) is 19.6 Å². The van der Waals surface area contributed by atoms with E-state index in [1.54, 1.807) is 4.90 Å². The summed E-state index contributed by atoms with van der Waals surface area (Å²) in [4.78, 5) is 12.4. The number of β-amino-alcohol motifs (C(OH)–C–C–N with tert-alkyl or cyclic N) is 1. The monoisotopic (exact) mass is 246 g/mol. The number of benzene rings is 1. The van der Waals surface area contributed by atoms with Crippen molar-refractivity contribution in [3.05, 3.63) is 35.4 Å². The van der Waals surface area contributed by atoms with Crippen LogP contribution in [0.4, 0.5) is 0 Å². The van der Waals surface area contributed by atoms with Crippen molar-refractivity contribution in [1.82, 2.24) is 10.2 Å². The fourth-order valence-electron chi connectivity index (χ4n) is 3.08. The van der Waals surface area contributed by atoms with Crippen LogP contribution in [-0.2, 0) is 17.8 Å². The summed E-state index contributed by atoms with van der Waals surface area (Å²) in [6, 6.07) is 8.35. The molecule has 0 radical (unpaired) electrons. The topological polar surface area (TPSA) is 52.6 Å². The summed E-state index contributed by atoms with van der Waals surface area (Å²) in [5.41, 5.74) is 2.37. The van der Waals surface area contributed by atoms with Gasteiger partial charge in [0.15, 0.2) is 0 Å². The molecule has 2 N–H and O–H groups in total. The van der Waals surface area contributed by atoms with Crippen molar-refractivity contribution in [2.24, 2.45) is 0 Å². The number of hydrogen-bond donors (Lipinski definition) is 2. The van der Waals surface area contributed by atoms with Gasteiger partial charge in [0.1, 0.15) is 0 Å². The predicted octanol–water partition coefficient (Wildman–Crippen LogP) is 0.294. The Kier molecular flexibility index (Phi) is 2.84. The molecule has 4 nitrogen and oxygen atoms in total. The molecule has 2 heterocycles. The molecule has 1 amide bonds. The molecule has 3 rings (SSSR count). The van der Waals surface area contributed by atoms with Crippen LogP contribution >= 0.6 is 0 Å². The molecule has 1 aromatic rings. The zero-order valence-electron chi connectivity index (χ0n) is 10.3. The third-order valence-electron chi connectivity index (χ3n) is 4.29. The number of fused-ring (bicyclic) bond motifs is 1. The van der Waals surface area contributed by atoms with Gasteiger partial charge >= 0.3 is 0 Å². The molecule has 0 bridgehead atoms. The Hall–Kier alpha value is -1.39. The second-order valence-corrected chi connectivity index (χ2v) is 5.32. The summed E-state index contributed by atoms with van der Waals surface area (Å²) >= 11 is 0. The summed E-state index contributed by atoms with van der Waals surface area (Å²) in [5.74, 6) is 0. The minimum absolute atomic E-state index is 0.256. The molecular formula is C14H18N2O2. The van der Waals surface area contributed by atoms with E-state index in [0.29, 0.717) is 6.54 Å². The van der Waals surface area contributed by atoms with Crippen molar-refractivity contribution >= 4 is 6.41 Å². The molecule has 1 aromatic carbocycles. The lowest BCUT2D eigenvalue weighted by atomic mass is 9.76. The van der Waals surface area contributed by atoms with Crippen LogP contribution in [0.5, 0.6) is 0 Å². The molecule has 0 aliphatic carbocycles. The minimum atomic E-state index is -0.496. The van der Waals surface area contributed by atoms with Crippen LogP contribution in [0.1, 0.15) is 17.5 Å². The maximum atomic E-state index is 10.8. The molecule has 1 saturated heterocycles. The van der Waals surface area contributed by atoms with Gasteiger partial charge in [0.05, 0.1) is 11.6 Å². The van der Waals surface area contributed by atoms with E-state index in [1.165, 1.54) is 11.1 Å². The number of nitrogens with zero attached hydrogens (tertiary/aromatic N) is 1. The van der Waals surface area contributed by atoms with Crippen LogP contribution in [0.2, 0.25) is 0 Å². The van der Waals surface area contributed by atoms with Crippen molar-refractivity contribution in [2.75, 3.05) is 13.1 Å². The summed E-state index contributed by atoms with van der Waals surface area (Å²) in [5, 5.41) is 13.8. The van der Waals surface area contributed by atoms with Crippen molar-refractivity contribution in [1.29, 1.82) is 0 Å². The Balaban J connectivity index is 1.84. The lowest BCUT2D eigenvalue weighted by Crippen LogP contribution is -2.65. The van der Waals surface area contributed by atoms with Crippen LogP contribution in [0, 0.1) is 0 Å². The van der Waals surface area contributed by atoms with Gasteiger partial charge in [-0.05, 0) is 24.0 Å². The van der Waals surface area contributed by atoms with E-state index in [2.05, 4.69) is 17.4 Å². The normalized spacial score (nSPS) is 31.2. The van der Waals surface area contributed by atoms with Gasteiger partial charge in [-0.25, -0.2) is 0 Å². The van der Waals surface area contributed by atoms with Crippen LogP contribution in [0.3, 0.4) is 0 Å². The first kappa shape index (κ1) is 11.7. The molecule has 1 fully saturated rings. The quantitative estimate of drug-likeness (QED) is 0.701. The second kappa shape index (κ2) is 4.37. The first-order valence-electron chi connectivity index (χ1n) is 6.43. The Morgan fingerprint density at radius 1 is 1.39 bits per heavy atom. The van der Waals surface area contributed by atoms with E-state index in [4.69, 9.17) is 0 Å². The number of hydrogen-bond acceptors (Lipinski definition) is 3. The molecule has 0 unspecified atom stereocenters. The molecule has 18 heavy (non-hydrogen) atoms. The highest BCUT2D eigenvalue weighted by Gasteiger charge is 2.43. The third-order valence-corrected chi connectivity index (χ3v) is 4.29. The first-order valence-corrected chi connectivity index (χ1v) is 6.43. The first-order chi connectivity index (χ1) is 8.73. The van der Waals surface area contributed by atoms with Crippen LogP contribution < -0.4 is 5.32 Å². The van der Waals surface area contributed by atoms with Gasteiger partial charge in [-0.15, -0.1) is 0 Å². The number of amides is 1. The molecule has 4 heteroatoms.